The van der Waals surface area contributed by atoms with Crippen molar-refractivity contribution in [2.24, 2.45) is 5.73 Å². The zero-order valence-corrected chi connectivity index (χ0v) is 15.5. The molecule has 1 aromatic heterocycles. The highest BCUT2D eigenvalue weighted by Crippen LogP contribution is 2.36. The van der Waals surface area contributed by atoms with Crippen molar-refractivity contribution in [2.45, 2.75) is 55.5 Å². The van der Waals surface area contributed by atoms with Gasteiger partial charge in [0.2, 0.25) is 5.91 Å². The summed E-state index contributed by atoms with van der Waals surface area (Å²) < 4.78 is 7.44. The number of benzene rings is 1. The van der Waals surface area contributed by atoms with Crippen molar-refractivity contribution in [3.63, 3.8) is 0 Å². The number of carbonyl (C=O) groups is 1. The lowest BCUT2D eigenvalue weighted by Crippen LogP contribution is -2.23. The number of carbonyl (C=O) groups excluding carboxylic acids is 1. The molecule has 3 rings (SSSR count). The third-order valence-electron chi connectivity index (χ3n) is 4.64. The Hall–Kier alpha value is -2.02. The lowest BCUT2D eigenvalue weighted by molar-refractivity contribution is -0.117. The highest BCUT2D eigenvalue weighted by atomic mass is 32.2. The summed E-state index contributed by atoms with van der Waals surface area (Å²) in [6.07, 6.45) is 5.91. The van der Waals surface area contributed by atoms with Crippen molar-refractivity contribution < 1.29 is 9.53 Å². The second kappa shape index (κ2) is 7.91. The Morgan fingerprint density at radius 3 is 2.52 bits per heavy atom. The van der Waals surface area contributed by atoms with Crippen molar-refractivity contribution in [1.82, 2.24) is 14.8 Å². The number of thioether (sulfide) groups is 1. The highest BCUT2D eigenvalue weighted by molar-refractivity contribution is 8.00. The normalized spacial score (nSPS) is 16.6. The van der Waals surface area contributed by atoms with E-state index < -0.39 is 0 Å². The van der Waals surface area contributed by atoms with Gasteiger partial charge in [0.25, 0.3) is 0 Å². The van der Waals surface area contributed by atoms with Crippen LogP contribution in [0, 0.1) is 0 Å². The molecule has 1 fully saturated rings. The number of amides is 1. The van der Waals surface area contributed by atoms with E-state index in [1.54, 1.807) is 14.0 Å². The molecule has 6 nitrogen and oxygen atoms in total. The van der Waals surface area contributed by atoms with Crippen LogP contribution in [0.2, 0.25) is 0 Å². The Labute approximate surface area is 152 Å². The van der Waals surface area contributed by atoms with Crippen molar-refractivity contribution >= 4 is 17.7 Å². The Balaban J connectivity index is 1.98. The van der Waals surface area contributed by atoms with Crippen LogP contribution in [-0.4, -0.2) is 33.0 Å². The molecular weight excluding hydrogens is 336 g/mol. The van der Waals surface area contributed by atoms with Crippen LogP contribution < -0.4 is 10.5 Å². The Bertz CT molecular complexity index is 723. The SMILES string of the molecule is COc1ccc(-c2nnc(S[C@H](C)C(N)=O)n2C2CCCCC2)cc1. The Morgan fingerprint density at radius 1 is 1.24 bits per heavy atom. The van der Waals surface area contributed by atoms with E-state index in [9.17, 15) is 4.79 Å². The van der Waals surface area contributed by atoms with E-state index in [1.807, 2.05) is 24.3 Å². The van der Waals surface area contributed by atoms with Gasteiger partial charge in [-0.2, -0.15) is 0 Å². The first-order chi connectivity index (χ1) is 12.1. The molecule has 0 bridgehead atoms. The second-order valence-corrected chi connectivity index (χ2v) is 7.67. The molecule has 0 spiro atoms. The van der Waals surface area contributed by atoms with Crippen molar-refractivity contribution in [1.29, 1.82) is 0 Å². The topological polar surface area (TPSA) is 83.0 Å². The molecule has 2 N–H and O–H groups in total. The van der Waals surface area contributed by atoms with E-state index in [0.717, 1.165) is 35.1 Å². The third-order valence-corrected chi connectivity index (χ3v) is 5.71. The molecule has 134 valence electrons. The van der Waals surface area contributed by atoms with E-state index in [1.165, 1.54) is 31.0 Å². The van der Waals surface area contributed by atoms with Crippen LogP contribution in [0.5, 0.6) is 5.75 Å². The summed E-state index contributed by atoms with van der Waals surface area (Å²) in [5, 5.41) is 9.23. The van der Waals surface area contributed by atoms with Gasteiger partial charge in [0, 0.05) is 11.6 Å². The number of aromatic nitrogens is 3. The fourth-order valence-corrected chi connectivity index (χ4v) is 4.05. The average Bonchev–Trinajstić information content (AvgIpc) is 3.06. The van der Waals surface area contributed by atoms with Crippen LogP contribution in [-0.2, 0) is 4.79 Å². The molecule has 0 radical (unpaired) electrons. The minimum absolute atomic E-state index is 0.338. The van der Waals surface area contributed by atoms with Crippen molar-refractivity contribution in [2.75, 3.05) is 7.11 Å². The fourth-order valence-electron chi connectivity index (χ4n) is 3.18. The molecule has 0 unspecified atom stereocenters. The predicted octanol–water partition coefficient (Wildman–Crippen LogP) is 3.42. The molecule has 1 saturated carbocycles. The maximum Gasteiger partial charge on any atom is 0.230 e. The molecule has 7 heteroatoms. The highest BCUT2D eigenvalue weighted by Gasteiger charge is 2.25. The molecule has 25 heavy (non-hydrogen) atoms. The smallest absolute Gasteiger partial charge is 0.230 e. The molecule has 0 aliphatic heterocycles. The number of methoxy groups -OCH3 is 1. The molecule has 1 atom stereocenters. The van der Waals surface area contributed by atoms with Gasteiger partial charge in [0.15, 0.2) is 11.0 Å². The quantitative estimate of drug-likeness (QED) is 0.798. The molecule has 1 aliphatic rings. The zero-order chi connectivity index (χ0) is 17.8. The number of nitrogens with two attached hydrogens (primary N) is 1. The van der Waals surface area contributed by atoms with Crippen molar-refractivity contribution in [3.8, 4) is 17.1 Å². The van der Waals surface area contributed by atoms with Gasteiger partial charge >= 0.3 is 0 Å². The first-order valence-corrected chi connectivity index (χ1v) is 9.53. The van der Waals surface area contributed by atoms with E-state index in [-0.39, 0.29) is 11.2 Å². The number of hydrogen-bond donors (Lipinski definition) is 1. The zero-order valence-electron chi connectivity index (χ0n) is 14.6. The number of ether oxygens (including phenoxy) is 1. The van der Waals surface area contributed by atoms with E-state index in [0.29, 0.717) is 6.04 Å². The van der Waals surface area contributed by atoms with Gasteiger partial charge in [-0.3, -0.25) is 9.36 Å². The summed E-state index contributed by atoms with van der Waals surface area (Å²) in [6.45, 7) is 1.81. The van der Waals surface area contributed by atoms with Gasteiger partial charge in [-0.05, 0) is 44.0 Å². The summed E-state index contributed by atoms with van der Waals surface area (Å²) in [5.41, 5.74) is 6.43. The number of nitrogens with zero attached hydrogens (tertiary/aromatic N) is 3. The summed E-state index contributed by atoms with van der Waals surface area (Å²) >= 11 is 1.39. The molecule has 1 aromatic carbocycles. The van der Waals surface area contributed by atoms with Gasteiger partial charge in [-0.1, -0.05) is 31.0 Å². The maximum atomic E-state index is 11.5. The number of primary amides is 1. The first kappa shape index (κ1) is 17.8. The van der Waals surface area contributed by atoms with E-state index in [2.05, 4.69) is 14.8 Å². The molecule has 0 saturated heterocycles. The van der Waals surface area contributed by atoms with Crippen LogP contribution >= 0.6 is 11.8 Å². The third kappa shape index (κ3) is 3.98. The molecule has 1 amide bonds. The van der Waals surface area contributed by atoms with Crippen molar-refractivity contribution in [3.05, 3.63) is 24.3 Å². The number of hydrogen-bond acceptors (Lipinski definition) is 5. The Kier molecular flexibility index (Phi) is 5.63. The van der Waals surface area contributed by atoms with Gasteiger partial charge < -0.3 is 10.5 Å². The van der Waals surface area contributed by atoms with Crippen LogP contribution in [0.3, 0.4) is 0 Å². The molecule has 1 aliphatic carbocycles. The summed E-state index contributed by atoms with van der Waals surface area (Å²) in [5.74, 6) is 1.31. The predicted molar refractivity (Wildman–Crippen MR) is 98.6 cm³/mol. The van der Waals surface area contributed by atoms with Gasteiger partial charge in [-0.25, -0.2) is 0 Å². The van der Waals surface area contributed by atoms with Crippen LogP contribution in [0.4, 0.5) is 0 Å². The molecule has 1 heterocycles. The number of rotatable bonds is 6. The molecule has 2 aromatic rings. The largest absolute Gasteiger partial charge is 0.497 e. The fraction of sp³-hybridized carbons (Fsp3) is 0.500. The Morgan fingerprint density at radius 2 is 1.92 bits per heavy atom. The summed E-state index contributed by atoms with van der Waals surface area (Å²) in [7, 11) is 1.65. The van der Waals surface area contributed by atoms with Gasteiger partial charge in [-0.15, -0.1) is 10.2 Å². The van der Waals surface area contributed by atoms with Gasteiger partial charge in [0.1, 0.15) is 5.75 Å². The standard InChI is InChI=1S/C18H24N4O2S/c1-12(16(19)23)25-18-21-20-17(13-8-10-15(24-2)11-9-13)22(18)14-6-4-3-5-7-14/h8-12,14H,3-7H2,1-2H3,(H2,19,23)/t12-/m1/s1. The minimum atomic E-state index is -0.339. The summed E-state index contributed by atoms with van der Waals surface area (Å²) in [6, 6.07) is 8.20. The van der Waals surface area contributed by atoms with Crippen LogP contribution in [0.25, 0.3) is 11.4 Å². The van der Waals surface area contributed by atoms with Crippen LogP contribution in [0.15, 0.2) is 29.4 Å². The summed E-state index contributed by atoms with van der Waals surface area (Å²) in [4.78, 5) is 11.5. The monoisotopic (exact) mass is 360 g/mol. The minimum Gasteiger partial charge on any atom is -0.497 e. The second-order valence-electron chi connectivity index (χ2n) is 6.36. The lowest BCUT2D eigenvalue weighted by atomic mass is 9.95. The first-order valence-electron chi connectivity index (χ1n) is 8.65. The lowest BCUT2D eigenvalue weighted by Gasteiger charge is -2.26. The van der Waals surface area contributed by atoms with Crippen LogP contribution in [0.1, 0.15) is 45.1 Å². The maximum absolute atomic E-state index is 11.5. The van der Waals surface area contributed by atoms with Gasteiger partial charge in [0.05, 0.1) is 12.4 Å². The molecular formula is C18H24N4O2S. The van der Waals surface area contributed by atoms with E-state index >= 15 is 0 Å². The average molecular weight is 360 g/mol. The van der Waals surface area contributed by atoms with E-state index in [4.69, 9.17) is 10.5 Å².